The summed E-state index contributed by atoms with van der Waals surface area (Å²) < 4.78 is 7.20. The number of halogens is 1. The van der Waals surface area contributed by atoms with E-state index >= 15 is 0 Å². The van der Waals surface area contributed by atoms with Crippen LogP contribution >= 0.6 is 15.9 Å². The predicted octanol–water partition coefficient (Wildman–Crippen LogP) is 4.65. The second-order valence-corrected chi connectivity index (χ2v) is 6.00. The van der Waals surface area contributed by atoms with Gasteiger partial charge in [0.2, 0.25) is 0 Å². The van der Waals surface area contributed by atoms with Crippen molar-refractivity contribution in [1.82, 2.24) is 0 Å². The topological polar surface area (TPSA) is 35.2 Å². The third-order valence-corrected chi connectivity index (χ3v) is 3.79. The van der Waals surface area contributed by atoms with Gasteiger partial charge in [-0.2, -0.15) is 0 Å². The van der Waals surface area contributed by atoms with Crippen LogP contribution in [-0.2, 0) is 0 Å². The molecule has 2 nitrogen and oxygen atoms in total. The largest absolute Gasteiger partial charge is 0.484 e. The summed E-state index contributed by atoms with van der Waals surface area (Å²) in [7, 11) is 0. The standard InChI is InChI=1S/C17H20BrNO/c1-12(2)15-5-3-4-6-16(15)20-17(11-19)13-7-9-14(18)10-8-13/h3-10,12,17H,11,19H2,1-2H3. The van der Waals surface area contributed by atoms with Gasteiger partial charge in [-0.1, -0.05) is 60.1 Å². The minimum atomic E-state index is -0.122. The number of rotatable bonds is 5. The fourth-order valence-electron chi connectivity index (χ4n) is 2.15. The summed E-state index contributed by atoms with van der Waals surface area (Å²) in [5.74, 6) is 1.34. The van der Waals surface area contributed by atoms with Crippen molar-refractivity contribution in [2.24, 2.45) is 5.73 Å². The minimum Gasteiger partial charge on any atom is -0.484 e. The van der Waals surface area contributed by atoms with Gasteiger partial charge in [0.1, 0.15) is 11.9 Å². The van der Waals surface area contributed by atoms with Crippen molar-refractivity contribution in [2.75, 3.05) is 6.54 Å². The van der Waals surface area contributed by atoms with Crippen LogP contribution < -0.4 is 10.5 Å². The van der Waals surface area contributed by atoms with E-state index in [-0.39, 0.29) is 6.10 Å². The van der Waals surface area contributed by atoms with Crippen LogP contribution in [0.3, 0.4) is 0 Å². The Balaban J connectivity index is 2.24. The highest BCUT2D eigenvalue weighted by Crippen LogP contribution is 2.30. The maximum Gasteiger partial charge on any atom is 0.136 e. The van der Waals surface area contributed by atoms with E-state index in [9.17, 15) is 0 Å². The molecule has 2 aromatic rings. The van der Waals surface area contributed by atoms with Crippen molar-refractivity contribution in [3.8, 4) is 5.75 Å². The van der Waals surface area contributed by atoms with Crippen LogP contribution in [0.5, 0.6) is 5.75 Å². The molecule has 2 aromatic carbocycles. The Morgan fingerprint density at radius 2 is 1.70 bits per heavy atom. The molecule has 1 unspecified atom stereocenters. The molecule has 0 bridgehead atoms. The van der Waals surface area contributed by atoms with Crippen LogP contribution in [0.1, 0.15) is 37.0 Å². The van der Waals surface area contributed by atoms with E-state index in [0.29, 0.717) is 12.5 Å². The predicted molar refractivity (Wildman–Crippen MR) is 87.1 cm³/mol. The summed E-state index contributed by atoms with van der Waals surface area (Å²) >= 11 is 3.44. The monoisotopic (exact) mass is 333 g/mol. The van der Waals surface area contributed by atoms with Crippen LogP contribution in [0.15, 0.2) is 53.0 Å². The zero-order valence-electron chi connectivity index (χ0n) is 11.8. The molecule has 0 aliphatic carbocycles. The summed E-state index contributed by atoms with van der Waals surface area (Å²) in [6.07, 6.45) is -0.122. The van der Waals surface area contributed by atoms with Crippen LogP contribution in [0.25, 0.3) is 0 Å². The third-order valence-electron chi connectivity index (χ3n) is 3.27. The van der Waals surface area contributed by atoms with Crippen LogP contribution in [-0.4, -0.2) is 6.54 Å². The third kappa shape index (κ3) is 3.62. The lowest BCUT2D eigenvalue weighted by atomic mass is 10.0. The van der Waals surface area contributed by atoms with Gasteiger partial charge in [-0.15, -0.1) is 0 Å². The highest BCUT2D eigenvalue weighted by molar-refractivity contribution is 9.10. The number of ether oxygens (including phenoxy) is 1. The number of hydrogen-bond donors (Lipinski definition) is 1. The van der Waals surface area contributed by atoms with Crippen molar-refractivity contribution in [1.29, 1.82) is 0 Å². The first-order valence-corrected chi connectivity index (χ1v) is 7.62. The second-order valence-electron chi connectivity index (χ2n) is 5.09. The maximum atomic E-state index is 6.14. The molecule has 0 aliphatic heterocycles. The van der Waals surface area contributed by atoms with Crippen LogP contribution in [0.4, 0.5) is 0 Å². The van der Waals surface area contributed by atoms with E-state index in [2.05, 4.69) is 35.8 Å². The van der Waals surface area contributed by atoms with E-state index in [4.69, 9.17) is 10.5 Å². The summed E-state index contributed by atoms with van der Waals surface area (Å²) in [6, 6.07) is 16.3. The van der Waals surface area contributed by atoms with E-state index in [1.807, 2.05) is 42.5 Å². The first kappa shape index (κ1) is 15.1. The molecule has 0 aliphatic rings. The zero-order valence-corrected chi connectivity index (χ0v) is 13.4. The highest BCUT2D eigenvalue weighted by Gasteiger charge is 2.14. The van der Waals surface area contributed by atoms with Gasteiger partial charge in [-0.25, -0.2) is 0 Å². The van der Waals surface area contributed by atoms with Gasteiger partial charge in [-0.3, -0.25) is 0 Å². The number of para-hydroxylation sites is 1. The van der Waals surface area contributed by atoms with Gasteiger partial charge in [-0.05, 0) is 35.2 Å². The molecule has 0 heterocycles. The van der Waals surface area contributed by atoms with Gasteiger partial charge in [0.15, 0.2) is 0 Å². The first-order chi connectivity index (χ1) is 9.61. The molecule has 20 heavy (non-hydrogen) atoms. The summed E-state index contributed by atoms with van der Waals surface area (Å²) in [5, 5.41) is 0. The van der Waals surface area contributed by atoms with Crippen molar-refractivity contribution in [3.05, 3.63) is 64.1 Å². The van der Waals surface area contributed by atoms with Crippen molar-refractivity contribution >= 4 is 15.9 Å². The lowest BCUT2D eigenvalue weighted by Gasteiger charge is -2.21. The molecule has 0 amide bonds. The van der Waals surface area contributed by atoms with Gasteiger partial charge in [0, 0.05) is 11.0 Å². The Morgan fingerprint density at radius 1 is 1.05 bits per heavy atom. The summed E-state index contributed by atoms with van der Waals surface area (Å²) in [6.45, 7) is 4.78. The molecule has 1 atom stereocenters. The fraction of sp³-hybridized carbons (Fsp3) is 0.294. The quantitative estimate of drug-likeness (QED) is 0.864. The SMILES string of the molecule is CC(C)c1ccccc1OC(CN)c1ccc(Br)cc1. The molecule has 106 valence electrons. The van der Waals surface area contributed by atoms with E-state index < -0.39 is 0 Å². The van der Waals surface area contributed by atoms with Crippen LogP contribution in [0, 0.1) is 0 Å². The lowest BCUT2D eigenvalue weighted by Crippen LogP contribution is -2.19. The van der Waals surface area contributed by atoms with Crippen molar-refractivity contribution in [3.63, 3.8) is 0 Å². The summed E-state index contributed by atoms with van der Waals surface area (Å²) in [4.78, 5) is 0. The molecule has 0 saturated carbocycles. The molecule has 2 N–H and O–H groups in total. The van der Waals surface area contributed by atoms with Crippen molar-refractivity contribution in [2.45, 2.75) is 25.9 Å². The number of nitrogens with two attached hydrogens (primary N) is 1. The number of benzene rings is 2. The van der Waals surface area contributed by atoms with Gasteiger partial charge < -0.3 is 10.5 Å². The average Bonchev–Trinajstić information content (AvgIpc) is 2.46. The van der Waals surface area contributed by atoms with E-state index in [1.165, 1.54) is 5.56 Å². The maximum absolute atomic E-state index is 6.14. The molecule has 0 fully saturated rings. The molecule has 0 radical (unpaired) electrons. The van der Waals surface area contributed by atoms with Gasteiger partial charge >= 0.3 is 0 Å². The van der Waals surface area contributed by atoms with Crippen LogP contribution in [0.2, 0.25) is 0 Å². The second kappa shape index (κ2) is 6.91. The smallest absolute Gasteiger partial charge is 0.136 e. The Bertz CT molecular complexity index is 551. The van der Waals surface area contributed by atoms with Gasteiger partial charge in [0.25, 0.3) is 0 Å². The Kier molecular flexibility index (Phi) is 5.21. The molecule has 0 saturated heterocycles. The molecule has 2 rings (SSSR count). The zero-order chi connectivity index (χ0) is 14.5. The average molecular weight is 334 g/mol. The lowest BCUT2D eigenvalue weighted by molar-refractivity contribution is 0.211. The fourth-order valence-corrected chi connectivity index (χ4v) is 2.41. The molecule has 3 heteroatoms. The minimum absolute atomic E-state index is 0.122. The first-order valence-electron chi connectivity index (χ1n) is 6.83. The summed E-state index contributed by atoms with van der Waals surface area (Å²) in [5.41, 5.74) is 8.18. The molecule has 0 aromatic heterocycles. The van der Waals surface area contributed by atoms with E-state index in [1.54, 1.807) is 0 Å². The Labute approximate surface area is 129 Å². The normalized spacial score (nSPS) is 12.4. The van der Waals surface area contributed by atoms with Crippen molar-refractivity contribution < 1.29 is 4.74 Å². The molecule has 0 spiro atoms. The number of hydrogen-bond acceptors (Lipinski definition) is 2. The van der Waals surface area contributed by atoms with E-state index in [0.717, 1.165) is 15.8 Å². The molecular formula is C17H20BrNO. The Morgan fingerprint density at radius 3 is 2.30 bits per heavy atom. The highest BCUT2D eigenvalue weighted by atomic mass is 79.9. The Hall–Kier alpha value is -1.32. The molecular weight excluding hydrogens is 314 g/mol. The van der Waals surface area contributed by atoms with Gasteiger partial charge in [0.05, 0.1) is 0 Å².